The van der Waals surface area contributed by atoms with Gasteiger partial charge >= 0.3 is 24.0 Å². The Morgan fingerprint density at radius 2 is 1.29 bits per heavy atom. The number of alkyl carbamates (subject to hydrolysis) is 1. The van der Waals surface area contributed by atoms with Gasteiger partial charge in [0.25, 0.3) is 5.91 Å². The molecule has 0 aliphatic carbocycles. The Hall–Kier alpha value is -3.67. The molecule has 35 heavy (non-hydrogen) atoms. The van der Waals surface area contributed by atoms with Gasteiger partial charge in [0.05, 0.1) is 6.10 Å². The van der Waals surface area contributed by atoms with Crippen LogP contribution in [0.1, 0.15) is 64.7 Å². The summed E-state index contributed by atoms with van der Waals surface area (Å²) in [6.07, 6.45) is -0.993. The van der Waals surface area contributed by atoms with Crippen LogP contribution in [0.4, 0.5) is 4.79 Å². The summed E-state index contributed by atoms with van der Waals surface area (Å²) in [5, 5.41) is 15.2. The molecule has 0 radical (unpaired) electrons. The number of benzene rings is 1. The van der Waals surface area contributed by atoms with Crippen molar-refractivity contribution in [3.05, 3.63) is 17.7 Å². The molecule has 1 unspecified atom stereocenters. The monoisotopic (exact) mass is 496 g/mol. The van der Waals surface area contributed by atoms with E-state index in [1.54, 1.807) is 20.8 Å². The Balaban J connectivity index is 2.80. The number of ether oxygens (including phenoxy) is 4. The summed E-state index contributed by atoms with van der Waals surface area (Å²) in [6.45, 7) is 8.77. The fourth-order valence-corrected chi connectivity index (χ4v) is 2.67. The van der Waals surface area contributed by atoms with Gasteiger partial charge in [0.1, 0.15) is 5.60 Å². The Bertz CT molecular complexity index is 915. The van der Waals surface area contributed by atoms with E-state index in [4.69, 9.17) is 18.9 Å². The van der Waals surface area contributed by atoms with Gasteiger partial charge in [-0.05, 0) is 45.7 Å². The van der Waals surface area contributed by atoms with E-state index in [0.29, 0.717) is 0 Å². The van der Waals surface area contributed by atoms with E-state index in [9.17, 15) is 29.1 Å². The Morgan fingerprint density at radius 3 is 1.71 bits per heavy atom. The van der Waals surface area contributed by atoms with Crippen LogP contribution in [0.15, 0.2) is 12.1 Å². The molecule has 0 saturated heterocycles. The maximum atomic E-state index is 12.6. The highest BCUT2D eigenvalue weighted by atomic mass is 16.6. The van der Waals surface area contributed by atoms with Crippen LogP contribution < -0.4 is 24.8 Å². The van der Waals surface area contributed by atoms with Crippen molar-refractivity contribution in [3.8, 4) is 17.2 Å². The maximum absolute atomic E-state index is 12.6. The highest BCUT2D eigenvalue weighted by molar-refractivity contribution is 5.96. The quantitative estimate of drug-likeness (QED) is 0.321. The van der Waals surface area contributed by atoms with E-state index in [1.807, 2.05) is 0 Å². The Morgan fingerprint density at radius 1 is 0.829 bits per heavy atom. The maximum Gasteiger partial charge on any atom is 0.407 e. The molecule has 0 aliphatic heterocycles. The molecule has 0 saturated carbocycles. The van der Waals surface area contributed by atoms with Crippen LogP contribution in [0.2, 0.25) is 0 Å². The van der Waals surface area contributed by atoms with Crippen LogP contribution >= 0.6 is 0 Å². The molecule has 12 heteroatoms. The van der Waals surface area contributed by atoms with Gasteiger partial charge in [0, 0.05) is 39.4 Å². The molecule has 1 atom stereocenters. The third kappa shape index (κ3) is 11.8. The van der Waals surface area contributed by atoms with E-state index >= 15 is 0 Å². The van der Waals surface area contributed by atoms with E-state index in [-0.39, 0.29) is 48.7 Å². The zero-order valence-electron chi connectivity index (χ0n) is 20.7. The summed E-state index contributed by atoms with van der Waals surface area (Å²) in [5.41, 5.74) is -0.678. The number of hydrogen-bond acceptors (Lipinski definition) is 10. The summed E-state index contributed by atoms with van der Waals surface area (Å²) in [7, 11) is 0. The van der Waals surface area contributed by atoms with Crippen molar-refractivity contribution in [1.29, 1.82) is 0 Å². The normalized spacial score (nSPS) is 11.6. The molecule has 0 spiro atoms. The minimum absolute atomic E-state index is 0.0468. The van der Waals surface area contributed by atoms with Gasteiger partial charge < -0.3 is 34.7 Å². The van der Waals surface area contributed by atoms with Gasteiger partial charge in [-0.15, -0.1) is 0 Å². The van der Waals surface area contributed by atoms with Gasteiger partial charge in [-0.1, -0.05) is 0 Å². The fraction of sp³-hybridized carbons (Fsp3) is 0.522. The number of esters is 3. The standard InChI is InChI=1S/C23H32N2O10/c1-13(26)32-18-11-16(12-19(33-14(2)27)20(18)34-15(3)28)21(30)24-9-7-17(29)8-10-25-22(31)35-23(4,5)6/h11-12,17,29H,7-10H2,1-6H3,(H,24,30)(H,25,31). The van der Waals surface area contributed by atoms with Crippen molar-refractivity contribution in [1.82, 2.24) is 10.6 Å². The summed E-state index contributed by atoms with van der Waals surface area (Å²) in [5.74, 6) is -3.80. The molecule has 0 aromatic heterocycles. The van der Waals surface area contributed by atoms with Gasteiger partial charge in [-0.3, -0.25) is 19.2 Å². The zero-order chi connectivity index (χ0) is 26.8. The Labute approximate surface area is 203 Å². The van der Waals surface area contributed by atoms with Gasteiger partial charge in [0.2, 0.25) is 5.75 Å². The second kappa shape index (κ2) is 13.3. The SMILES string of the molecule is CC(=O)Oc1cc(C(=O)NCCC(O)CCNC(=O)OC(C)(C)C)cc(OC(C)=O)c1OC(C)=O. The smallest absolute Gasteiger partial charge is 0.407 e. The van der Waals surface area contributed by atoms with E-state index in [2.05, 4.69) is 10.6 Å². The number of aliphatic hydroxyl groups is 1. The first-order valence-electron chi connectivity index (χ1n) is 10.8. The molecule has 0 aliphatic rings. The molecule has 0 bridgehead atoms. The lowest BCUT2D eigenvalue weighted by molar-refractivity contribution is -0.135. The van der Waals surface area contributed by atoms with Gasteiger partial charge in [-0.25, -0.2) is 4.79 Å². The van der Waals surface area contributed by atoms with Crippen LogP contribution in [0, 0.1) is 0 Å². The Kier molecular flexibility index (Phi) is 11.1. The molecule has 12 nitrogen and oxygen atoms in total. The van der Waals surface area contributed by atoms with E-state index in [0.717, 1.165) is 32.9 Å². The predicted octanol–water partition coefficient (Wildman–Crippen LogP) is 1.86. The molecule has 2 amide bonds. The molecule has 194 valence electrons. The van der Waals surface area contributed by atoms with Crippen LogP contribution in [0.5, 0.6) is 17.2 Å². The van der Waals surface area contributed by atoms with Crippen molar-refractivity contribution in [2.75, 3.05) is 13.1 Å². The average Bonchev–Trinajstić information content (AvgIpc) is 2.67. The first-order valence-corrected chi connectivity index (χ1v) is 10.8. The molecule has 1 aromatic carbocycles. The number of amides is 2. The molecule has 0 fully saturated rings. The first-order chi connectivity index (χ1) is 16.2. The largest absolute Gasteiger partial charge is 0.444 e. The minimum Gasteiger partial charge on any atom is -0.444 e. The molecular formula is C23H32N2O10. The van der Waals surface area contributed by atoms with Crippen molar-refractivity contribution in [3.63, 3.8) is 0 Å². The third-order valence-corrected chi connectivity index (χ3v) is 3.95. The molecule has 1 rings (SSSR count). The zero-order valence-corrected chi connectivity index (χ0v) is 20.7. The number of rotatable bonds is 10. The molecule has 0 heterocycles. The third-order valence-electron chi connectivity index (χ3n) is 3.95. The lowest BCUT2D eigenvalue weighted by atomic mass is 10.1. The number of aliphatic hydroxyl groups excluding tert-OH is 1. The number of carbonyl (C=O) groups excluding carboxylic acids is 5. The van der Waals surface area contributed by atoms with Crippen molar-refractivity contribution >= 4 is 29.9 Å². The highest BCUT2D eigenvalue weighted by Gasteiger charge is 2.22. The lowest BCUT2D eigenvalue weighted by Crippen LogP contribution is -2.34. The average molecular weight is 497 g/mol. The van der Waals surface area contributed by atoms with E-state index in [1.165, 1.54) is 0 Å². The summed E-state index contributed by atoms with van der Waals surface area (Å²) >= 11 is 0. The minimum atomic E-state index is -0.815. The highest BCUT2D eigenvalue weighted by Crippen LogP contribution is 2.39. The van der Waals surface area contributed by atoms with Gasteiger partial charge in [0.15, 0.2) is 11.5 Å². The summed E-state index contributed by atoms with van der Waals surface area (Å²) in [6, 6.07) is 2.31. The molecular weight excluding hydrogens is 464 g/mol. The second-order valence-electron chi connectivity index (χ2n) is 8.50. The van der Waals surface area contributed by atoms with Crippen LogP contribution in [0.25, 0.3) is 0 Å². The second-order valence-corrected chi connectivity index (χ2v) is 8.50. The van der Waals surface area contributed by atoms with Crippen LogP contribution in [0.3, 0.4) is 0 Å². The fourth-order valence-electron chi connectivity index (χ4n) is 2.67. The predicted molar refractivity (Wildman–Crippen MR) is 122 cm³/mol. The molecule has 1 aromatic rings. The van der Waals surface area contributed by atoms with Crippen LogP contribution in [-0.4, -0.2) is 59.8 Å². The number of carbonyl (C=O) groups is 5. The van der Waals surface area contributed by atoms with Crippen molar-refractivity contribution < 1.29 is 48.0 Å². The number of hydrogen-bond donors (Lipinski definition) is 3. The summed E-state index contributed by atoms with van der Waals surface area (Å²) < 4.78 is 20.2. The van der Waals surface area contributed by atoms with Gasteiger partial charge in [-0.2, -0.15) is 0 Å². The van der Waals surface area contributed by atoms with Crippen LogP contribution in [-0.2, 0) is 19.1 Å². The topological polar surface area (TPSA) is 167 Å². The van der Waals surface area contributed by atoms with Crippen molar-refractivity contribution in [2.45, 2.75) is 66.1 Å². The summed E-state index contributed by atoms with van der Waals surface area (Å²) in [4.78, 5) is 58.6. The molecule has 3 N–H and O–H groups in total. The lowest BCUT2D eigenvalue weighted by Gasteiger charge is -2.20. The first kappa shape index (κ1) is 29.4. The van der Waals surface area contributed by atoms with Crippen molar-refractivity contribution in [2.24, 2.45) is 0 Å². The number of nitrogens with one attached hydrogen (secondary N) is 2. The van der Waals surface area contributed by atoms with E-state index < -0.39 is 41.6 Å².